The number of aliphatic hydroxyl groups is 1. The largest absolute Gasteiger partial charge is 0.872 e. The number of nitro groups is 1. The van der Waals surface area contributed by atoms with Gasteiger partial charge < -0.3 is 10.2 Å². The summed E-state index contributed by atoms with van der Waals surface area (Å²) in [6.07, 6.45) is 0.851. The molecule has 108 valence electrons. The zero-order valence-electron chi connectivity index (χ0n) is 10.8. The van der Waals surface area contributed by atoms with Crippen LogP contribution in [0, 0.1) is 10.1 Å². The average molecular weight is 280 g/mol. The predicted octanol–water partition coefficient (Wildman–Crippen LogP) is 0.279. The summed E-state index contributed by atoms with van der Waals surface area (Å²) < 4.78 is 0. The van der Waals surface area contributed by atoms with Gasteiger partial charge in [0.2, 0.25) is 5.91 Å². The Morgan fingerprint density at radius 2 is 2.30 bits per heavy atom. The van der Waals surface area contributed by atoms with Crippen LogP contribution in [0.15, 0.2) is 23.3 Å². The molecule has 0 fully saturated rings. The first-order valence-corrected chi connectivity index (χ1v) is 5.85. The minimum atomic E-state index is -0.627. The standard InChI is InChI=1S/C12H15N3O5/c1-8(16)2-5-12(18)14-13-7-9-6-10(15(19)20)3-4-11(9)17/h3-4,6-8,16-17H,2,5H2,1H3,(H,14,18)/p-1/b13-7-/t8-/m0/s1. The number of nitro benzene ring substituents is 1. The molecule has 1 rings (SSSR count). The molecule has 8 nitrogen and oxygen atoms in total. The number of benzene rings is 1. The monoisotopic (exact) mass is 280 g/mol. The zero-order valence-corrected chi connectivity index (χ0v) is 10.8. The maximum Gasteiger partial charge on any atom is 0.270 e. The molecule has 0 aromatic heterocycles. The van der Waals surface area contributed by atoms with Crippen molar-refractivity contribution in [2.45, 2.75) is 25.9 Å². The van der Waals surface area contributed by atoms with Gasteiger partial charge in [0.25, 0.3) is 5.69 Å². The van der Waals surface area contributed by atoms with Crippen molar-refractivity contribution in [1.29, 1.82) is 0 Å². The van der Waals surface area contributed by atoms with Gasteiger partial charge in [-0.1, -0.05) is 11.8 Å². The second-order valence-corrected chi connectivity index (χ2v) is 4.16. The van der Waals surface area contributed by atoms with Gasteiger partial charge in [0, 0.05) is 18.6 Å². The number of hydrazone groups is 1. The Hall–Kier alpha value is -2.48. The van der Waals surface area contributed by atoms with Crippen LogP contribution < -0.4 is 10.5 Å². The normalized spacial score (nSPS) is 12.3. The van der Waals surface area contributed by atoms with Crippen LogP contribution in [0.5, 0.6) is 5.75 Å². The highest BCUT2D eigenvalue weighted by atomic mass is 16.6. The zero-order chi connectivity index (χ0) is 15.1. The van der Waals surface area contributed by atoms with Crippen LogP contribution in [0.4, 0.5) is 5.69 Å². The first-order valence-electron chi connectivity index (χ1n) is 5.85. The first-order chi connectivity index (χ1) is 9.40. The van der Waals surface area contributed by atoms with E-state index in [0.717, 1.165) is 24.4 Å². The minimum absolute atomic E-state index is 0.00928. The topological polar surface area (TPSA) is 128 Å². The summed E-state index contributed by atoms with van der Waals surface area (Å²) in [5.74, 6) is -0.849. The number of aliphatic hydroxyl groups excluding tert-OH is 1. The number of nitrogens with zero attached hydrogens (tertiary/aromatic N) is 2. The van der Waals surface area contributed by atoms with Gasteiger partial charge in [0.15, 0.2) is 0 Å². The molecule has 0 unspecified atom stereocenters. The Kier molecular flexibility index (Phi) is 5.60. The van der Waals surface area contributed by atoms with Crippen molar-refractivity contribution in [3.63, 3.8) is 0 Å². The third-order valence-electron chi connectivity index (χ3n) is 2.39. The van der Waals surface area contributed by atoms with Crippen molar-refractivity contribution < 1.29 is 19.9 Å². The molecule has 1 amide bonds. The van der Waals surface area contributed by atoms with Gasteiger partial charge in [0.05, 0.1) is 17.2 Å². The summed E-state index contributed by atoms with van der Waals surface area (Å²) in [6, 6.07) is 3.24. The van der Waals surface area contributed by atoms with E-state index in [0.29, 0.717) is 6.42 Å². The van der Waals surface area contributed by atoms with Crippen LogP contribution in [0.25, 0.3) is 0 Å². The van der Waals surface area contributed by atoms with E-state index < -0.39 is 22.7 Å². The number of nitrogens with one attached hydrogen (secondary N) is 1. The third kappa shape index (κ3) is 5.02. The van der Waals surface area contributed by atoms with Gasteiger partial charge in [-0.2, -0.15) is 5.10 Å². The Labute approximate surface area is 114 Å². The highest BCUT2D eigenvalue weighted by molar-refractivity contribution is 5.85. The molecule has 0 bridgehead atoms. The summed E-state index contributed by atoms with van der Waals surface area (Å²) in [5, 5.41) is 34.5. The van der Waals surface area contributed by atoms with E-state index in [-0.39, 0.29) is 17.7 Å². The van der Waals surface area contributed by atoms with Crippen LogP contribution >= 0.6 is 0 Å². The van der Waals surface area contributed by atoms with Gasteiger partial charge >= 0.3 is 0 Å². The van der Waals surface area contributed by atoms with Crippen LogP contribution in [-0.2, 0) is 4.79 Å². The van der Waals surface area contributed by atoms with Gasteiger partial charge in [0.1, 0.15) is 0 Å². The van der Waals surface area contributed by atoms with Gasteiger partial charge in [-0.25, -0.2) is 5.43 Å². The fourth-order valence-electron chi connectivity index (χ4n) is 1.32. The summed E-state index contributed by atoms with van der Waals surface area (Å²) in [7, 11) is 0. The maximum atomic E-state index is 11.4. The molecule has 0 saturated heterocycles. The van der Waals surface area contributed by atoms with Crippen LogP contribution in [0.1, 0.15) is 25.3 Å². The third-order valence-corrected chi connectivity index (χ3v) is 2.39. The lowest BCUT2D eigenvalue weighted by Crippen LogP contribution is -2.19. The Morgan fingerprint density at radius 3 is 2.90 bits per heavy atom. The summed E-state index contributed by atoms with van der Waals surface area (Å²) >= 11 is 0. The van der Waals surface area contributed by atoms with E-state index >= 15 is 0 Å². The smallest absolute Gasteiger partial charge is 0.270 e. The minimum Gasteiger partial charge on any atom is -0.872 e. The molecule has 0 saturated carbocycles. The van der Waals surface area contributed by atoms with Crippen molar-refractivity contribution in [2.24, 2.45) is 5.10 Å². The van der Waals surface area contributed by atoms with E-state index in [2.05, 4.69) is 10.5 Å². The van der Waals surface area contributed by atoms with Crippen molar-refractivity contribution in [3.8, 4) is 5.75 Å². The highest BCUT2D eigenvalue weighted by Gasteiger charge is 2.06. The second kappa shape index (κ2) is 7.19. The molecule has 0 radical (unpaired) electrons. The molecular weight excluding hydrogens is 266 g/mol. The van der Waals surface area contributed by atoms with Crippen LogP contribution in [0.2, 0.25) is 0 Å². The van der Waals surface area contributed by atoms with E-state index in [1.807, 2.05) is 0 Å². The van der Waals surface area contributed by atoms with E-state index in [1.54, 1.807) is 6.92 Å². The molecule has 0 aliphatic rings. The lowest BCUT2D eigenvalue weighted by atomic mass is 10.2. The number of rotatable bonds is 6. The molecule has 8 heteroatoms. The molecule has 20 heavy (non-hydrogen) atoms. The van der Waals surface area contributed by atoms with E-state index in [9.17, 15) is 20.0 Å². The number of carbonyl (C=O) groups is 1. The predicted molar refractivity (Wildman–Crippen MR) is 69.2 cm³/mol. The fourth-order valence-corrected chi connectivity index (χ4v) is 1.32. The SMILES string of the molecule is C[C@H](O)CCC(=O)N/N=C\c1cc([N+](=O)[O-])ccc1[O-]. The number of hydrogen-bond donors (Lipinski definition) is 2. The molecule has 1 atom stereocenters. The Morgan fingerprint density at radius 1 is 1.60 bits per heavy atom. The lowest BCUT2D eigenvalue weighted by Gasteiger charge is -2.08. The maximum absolute atomic E-state index is 11.4. The summed E-state index contributed by atoms with van der Waals surface area (Å²) in [4.78, 5) is 21.2. The Balaban J connectivity index is 2.64. The van der Waals surface area contributed by atoms with Crippen molar-refractivity contribution >= 4 is 17.8 Å². The summed E-state index contributed by atoms with van der Waals surface area (Å²) in [5.41, 5.74) is 1.95. The van der Waals surface area contributed by atoms with E-state index in [1.165, 1.54) is 0 Å². The van der Waals surface area contributed by atoms with Crippen LogP contribution in [-0.4, -0.2) is 28.3 Å². The van der Waals surface area contributed by atoms with E-state index in [4.69, 9.17) is 5.11 Å². The number of non-ortho nitro benzene ring substituents is 1. The quantitative estimate of drug-likeness (QED) is 0.439. The molecule has 1 aromatic rings. The second-order valence-electron chi connectivity index (χ2n) is 4.16. The van der Waals surface area contributed by atoms with Gasteiger partial charge in [-0.15, -0.1) is 0 Å². The molecular formula is C12H14N3O5-. The van der Waals surface area contributed by atoms with Crippen LogP contribution in [0.3, 0.4) is 0 Å². The molecule has 0 spiro atoms. The molecule has 0 aliphatic heterocycles. The fraction of sp³-hybridized carbons (Fsp3) is 0.333. The average Bonchev–Trinajstić information content (AvgIpc) is 2.38. The molecule has 1 aromatic carbocycles. The number of carbonyl (C=O) groups excluding carboxylic acids is 1. The van der Waals surface area contributed by atoms with Crippen molar-refractivity contribution in [3.05, 3.63) is 33.9 Å². The molecule has 0 heterocycles. The Bertz CT molecular complexity index is 528. The molecule has 2 N–H and O–H groups in total. The molecule has 0 aliphatic carbocycles. The van der Waals surface area contributed by atoms with Crippen molar-refractivity contribution in [1.82, 2.24) is 5.43 Å². The van der Waals surface area contributed by atoms with Crippen molar-refractivity contribution in [2.75, 3.05) is 0 Å². The van der Waals surface area contributed by atoms with Gasteiger partial charge in [-0.05, 0) is 18.9 Å². The first kappa shape index (κ1) is 15.6. The number of amides is 1. The van der Waals surface area contributed by atoms with Gasteiger partial charge in [-0.3, -0.25) is 14.9 Å². The summed E-state index contributed by atoms with van der Waals surface area (Å²) in [6.45, 7) is 1.56. The lowest BCUT2D eigenvalue weighted by molar-refractivity contribution is -0.385. The highest BCUT2D eigenvalue weighted by Crippen LogP contribution is 2.18. The number of hydrogen-bond acceptors (Lipinski definition) is 6.